The molecule has 24 heavy (non-hydrogen) atoms. The second-order valence-corrected chi connectivity index (χ2v) is 6.18. The topological polar surface area (TPSA) is 63.3 Å². The van der Waals surface area contributed by atoms with Crippen molar-refractivity contribution in [2.75, 3.05) is 0 Å². The molecule has 0 aliphatic rings. The molecular weight excluding hydrogens is 300 g/mol. The van der Waals surface area contributed by atoms with Crippen LogP contribution in [0.2, 0.25) is 0 Å². The first-order valence-electron chi connectivity index (χ1n) is 7.93. The maximum atomic E-state index is 10.8. The average Bonchev–Trinajstić information content (AvgIpc) is 2.91. The molecule has 0 unspecified atom stereocenters. The Morgan fingerprint density at radius 2 is 1.79 bits per heavy atom. The Hall–Kier alpha value is -2.95. The van der Waals surface area contributed by atoms with Gasteiger partial charge in [-0.3, -0.25) is 0 Å². The van der Waals surface area contributed by atoms with Gasteiger partial charge < -0.3 is 5.11 Å². The van der Waals surface area contributed by atoms with Gasteiger partial charge in [-0.2, -0.15) is 4.52 Å². The molecule has 3 aromatic heterocycles. The molecule has 4 rings (SSSR count). The minimum atomic E-state index is 0.136. The van der Waals surface area contributed by atoms with E-state index in [0.29, 0.717) is 17.7 Å². The number of nitrogens with zero attached hydrogens (tertiary/aromatic N) is 4. The van der Waals surface area contributed by atoms with Crippen molar-refractivity contribution in [3.63, 3.8) is 0 Å². The van der Waals surface area contributed by atoms with E-state index in [1.165, 1.54) is 4.52 Å². The summed E-state index contributed by atoms with van der Waals surface area (Å²) < 4.78 is 1.51. The first-order valence-corrected chi connectivity index (χ1v) is 7.93. The highest BCUT2D eigenvalue weighted by molar-refractivity contribution is 5.93. The number of pyridine rings is 1. The van der Waals surface area contributed by atoms with Crippen LogP contribution in [0.1, 0.15) is 28.1 Å². The summed E-state index contributed by atoms with van der Waals surface area (Å²) in [6.07, 6.45) is 0.614. The number of benzene rings is 1. The molecule has 0 saturated heterocycles. The average molecular weight is 318 g/mol. The van der Waals surface area contributed by atoms with Crippen molar-refractivity contribution < 1.29 is 5.11 Å². The second-order valence-electron chi connectivity index (χ2n) is 6.18. The van der Waals surface area contributed by atoms with E-state index in [9.17, 15) is 5.11 Å². The van der Waals surface area contributed by atoms with Crippen molar-refractivity contribution in [1.82, 2.24) is 19.6 Å². The largest absolute Gasteiger partial charge is 0.493 e. The van der Waals surface area contributed by atoms with Crippen LogP contribution in [0.3, 0.4) is 0 Å². The van der Waals surface area contributed by atoms with Crippen LogP contribution < -0.4 is 0 Å². The third-order valence-electron chi connectivity index (χ3n) is 4.35. The molecule has 5 heteroatoms. The number of aromatic hydroxyl groups is 1. The Morgan fingerprint density at radius 3 is 2.54 bits per heavy atom. The SMILES string of the molecule is Cc1cc(C)c2c(n1)nn1c(O)c(Cc3ccccc3)c(C)nc21. The minimum absolute atomic E-state index is 0.136. The Labute approximate surface area is 139 Å². The fourth-order valence-corrected chi connectivity index (χ4v) is 3.19. The van der Waals surface area contributed by atoms with Gasteiger partial charge in [0.05, 0.1) is 5.39 Å². The highest BCUT2D eigenvalue weighted by Crippen LogP contribution is 2.29. The first-order chi connectivity index (χ1) is 11.5. The normalized spacial score (nSPS) is 11.5. The summed E-state index contributed by atoms with van der Waals surface area (Å²) in [6, 6.07) is 12.1. The summed E-state index contributed by atoms with van der Waals surface area (Å²) >= 11 is 0. The van der Waals surface area contributed by atoms with E-state index in [4.69, 9.17) is 4.98 Å². The number of hydrogen-bond acceptors (Lipinski definition) is 4. The van der Waals surface area contributed by atoms with E-state index in [1.54, 1.807) is 0 Å². The second kappa shape index (κ2) is 5.30. The van der Waals surface area contributed by atoms with Crippen LogP contribution in [0.15, 0.2) is 36.4 Å². The zero-order chi connectivity index (χ0) is 16.8. The Balaban J connectivity index is 1.97. The number of aromatic nitrogens is 4. The summed E-state index contributed by atoms with van der Waals surface area (Å²) in [7, 11) is 0. The lowest BCUT2D eigenvalue weighted by Gasteiger charge is -2.09. The van der Waals surface area contributed by atoms with Crippen LogP contribution in [-0.4, -0.2) is 24.7 Å². The molecule has 0 saturated carbocycles. The molecule has 0 bridgehead atoms. The van der Waals surface area contributed by atoms with Gasteiger partial charge in [0.2, 0.25) is 5.88 Å². The van der Waals surface area contributed by atoms with Crippen molar-refractivity contribution >= 4 is 16.7 Å². The maximum absolute atomic E-state index is 10.8. The van der Waals surface area contributed by atoms with Gasteiger partial charge in [-0.25, -0.2) is 9.97 Å². The fourth-order valence-electron chi connectivity index (χ4n) is 3.19. The third-order valence-corrected chi connectivity index (χ3v) is 4.35. The Bertz CT molecular complexity index is 1070. The Kier molecular flexibility index (Phi) is 3.23. The predicted octanol–water partition coefficient (Wildman–Crippen LogP) is 3.50. The Morgan fingerprint density at radius 1 is 1.04 bits per heavy atom. The van der Waals surface area contributed by atoms with Crippen LogP contribution in [0.5, 0.6) is 5.88 Å². The van der Waals surface area contributed by atoms with Gasteiger partial charge in [0, 0.05) is 23.4 Å². The molecule has 120 valence electrons. The number of fused-ring (bicyclic) bond motifs is 3. The molecule has 0 fully saturated rings. The van der Waals surface area contributed by atoms with E-state index in [2.05, 4.69) is 10.1 Å². The molecule has 0 aliphatic heterocycles. The number of rotatable bonds is 2. The van der Waals surface area contributed by atoms with Crippen molar-refractivity contribution in [3.05, 3.63) is 64.5 Å². The van der Waals surface area contributed by atoms with Gasteiger partial charge in [-0.15, -0.1) is 5.10 Å². The molecule has 0 aliphatic carbocycles. The molecule has 1 N–H and O–H groups in total. The molecule has 5 nitrogen and oxygen atoms in total. The van der Waals surface area contributed by atoms with Crippen LogP contribution >= 0.6 is 0 Å². The predicted molar refractivity (Wildman–Crippen MR) is 93.4 cm³/mol. The zero-order valence-corrected chi connectivity index (χ0v) is 13.9. The van der Waals surface area contributed by atoms with Crippen LogP contribution in [0, 0.1) is 20.8 Å². The van der Waals surface area contributed by atoms with Gasteiger partial charge in [-0.05, 0) is 38.0 Å². The molecule has 4 aromatic rings. The van der Waals surface area contributed by atoms with Gasteiger partial charge in [0.15, 0.2) is 11.3 Å². The summed E-state index contributed by atoms with van der Waals surface area (Å²) in [5.41, 5.74) is 5.97. The fraction of sp³-hybridized carbons (Fsp3) is 0.211. The zero-order valence-electron chi connectivity index (χ0n) is 13.9. The summed E-state index contributed by atoms with van der Waals surface area (Å²) in [5.74, 6) is 0.136. The molecule has 0 spiro atoms. The lowest BCUT2D eigenvalue weighted by molar-refractivity contribution is 0.428. The minimum Gasteiger partial charge on any atom is -0.493 e. The van der Waals surface area contributed by atoms with Crippen LogP contribution in [-0.2, 0) is 6.42 Å². The number of aryl methyl sites for hydroxylation is 3. The van der Waals surface area contributed by atoms with E-state index in [0.717, 1.165) is 33.5 Å². The van der Waals surface area contributed by atoms with E-state index >= 15 is 0 Å². The quantitative estimate of drug-likeness (QED) is 0.614. The maximum Gasteiger partial charge on any atom is 0.219 e. The lowest BCUT2D eigenvalue weighted by atomic mass is 10.0. The van der Waals surface area contributed by atoms with Crippen molar-refractivity contribution in [2.24, 2.45) is 0 Å². The third kappa shape index (κ3) is 2.21. The lowest BCUT2D eigenvalue weighted by Crippen LogP contribution is -2.02. The monoisotopic (exact) mass is 318 g/mol. The molecule has 0 atom stereocenters. The van der Waals surface area contributed by atoms with Gasteiger partial charge in [0.1, 0.15) is 0 Å². The van der Waals surface area contributed by atoms with E-state index < -0.39 is 0 Å². The standard InChI is InChI=1S/C19H18N4O/c1-11-9-12(2)20-17-16(11)18-21-13(3)15(19(24)23(18)22-17)10-14-7-5-4-6-8-14/h4-9,24H,10H2,1-3H3. The van der Waals surface area contributed by atoms with Crippen molar-refractivity contribution in [2.45, 2.75) is 27.2 Å². The van der Waals surface area contributed by atoms with E-state index in [-0.39, 0.29) is 5.88 Å². The van der Waals surface area contributed by atoms with E-state index in [1.807, 2.05) is 57.2 Å². The summed E-state index contributed by atoms with van der Waals surface area (Å²) in [4.78, 5) is 9.19. The number of hydrogen-bond donors (Lipinski definition) is 1. The summed E-state index contributed by atoms with van der Waals surface area (Å²) in [6.45, 7) is 5.88. The van der Waals surface area contributed by atoms with Gasteiger partial charge >= 0.3 is 0 Å². The molecule has 3 heterocycles. The highest BCUT2D eigenvalue weighted by atomic mass is 16.3. The molecule has 1 aromatic carbocycles. The van der Waals surface area contributed by atoms with Gasteiger partial charge in [0.25, 0.3) is 0 Å². The van der Waals surface area contributed by atoms with Crippen LogP contribution in [0.4, 0.5) is 0 Å². The highest BCUT2D eigenvalue weighted by Gasteiger charge is 2.18. The van der Waals surface area contributed by atoms with Gasteiger partial charge in [-0.1, -0.05) is 30.3 Å². The molecular formula is C19H18N4O. The smallest absolute Gasteiger partial charge is 0.219 e. The van der Waals surface area contributed by atoms with Crippen LogP contribution in [0.25, 0.3) is 16.7 Å². The molecule has 0 radical (unpaired) electrons. The van der Waals surface area contributed by atoms with Crippen molar-refractivity contribution in [3.8, 4) is 5.88 Å². The first kappa shape index (κ1) is 14.6. The summed E-state index contributed by atoms with van der Waals surface area (Å²) in [5, 5.41) is 16.2. The van der Waals surface area contributed by atoms with Crippen molar-refractivity contribution in [1.29, 1.82) is 0 Å². The molecule has 0 amide bonds.